The highest BCUT2D eigenvalue weighted by atomic mass is 19.1. The van der Waals surface area contributed by atoms with E-state index in [-0.39, 0.29) is 16.8 Å². The minimum Gasteiger partial charge on any atom is -0.365 e. The number of halogens is 2. The summed E-state index contributed by atoms with van der Waals surface area (Å²) in [5.74, 6) is -1.61. The third kappa shape index (κ3) is 4.01. The summed E-state index contributed by atoms with van der Waals surface area (Å²) in [6, 6.07) is 6.54. The first-order valence-electron chi connectivity index (χ1n) is 11.5. The number of rotatable bonds is 5. The van der Waals surface area contributed by atoms with E-state index in [9.17, 15) is 14.0 Å². The molecule has 1 amide bonds. The maximum atomic E-state index is 15.4. The minimum absolute atomic E-state index is 0.0236. The van der Waals surface area contributed by atoms with E-state index < -0.39 is 17.7 Å². The number of aromatic amines is 1. The number of benzene rings is 1. The van der Waals surface area contributed by atoms with Crippen molar-refractivity contribution in [3.63, 3.8) is 0 Å². The molecular formula is C24H25F2N7O2. The average Bonchev–Trinajstić information content (AvgIpc) is 3.31. The van der Waals surface area contributed by atoms with Gasteiger partial charge in [-0.05, 0) is 24.6 Å². The molecule has 0 spiro atoms. The van der Waals surface area contributed by atoms with E-state index in [1.165, 1.54) is 17.6 Å². The number of anilines is 1. The van der Waals surface area contributed by atoms with Crippen LogP contribution in [0.1, 0.15) is 28.5 Å². The lowest BCUT2D eigenvalue weighted by atomic mass is 10.1. The number of hydrogen-bond acceptors (Lipinski definition) is 6. The molecule has 182 valence electrons. The van der Waals surface area contributed by atoms with Crippen LogP contribution in [0.15, 0.2) is 35.3 Å². The lowest BCUT2D eigenvalue weighted by Gasteiger charge is -2.36. The molecule has 0 radical (unpaired) electrons. The Labute approximate surface area is 199 Å². The summed E-state index contributed by atoms with van der Waals surface area (Å²) in [5.41, 5.74) is 2.35. The quantitative estimate of drug-likeness (QED) is 0.424. The van der Waals surface area contributed by atoms with Crippen LogP contribution in [0, 0.1) is 11.8 Å². The monoisotopic (exact) mass is 481 g/mol. The molecule has 4 heterocycles. The van der Waals surface area contributed by atoms with E-state index in [4.69, 9.17) is 0 Å². The van der Waals surface area contributed by atoms with Gasteiger partial charge in [0.15, 0.2) is 5.82 Å². The van der Waals surface area contributed by atoms with Gasteiger partial charge in [0.25, 0.3) is 11.5 Å². The summed E-state index contributed by atoms with van der Waals surface area (Å²) in [6.45, 7) is 4.51. The van der Waals surface area contributed by atoms with Gasteiger partial charge in [-0.2, -0.15) is 9.49 Å². The first kappa shape index (κ1) is 22.9. The molecule has 3 aromatic heterocycles. The summed E-state index contributed by atoms with van der Waals surface area (Å²) in [4.78, 5) is 34.7. The highest BCUT2D eigenvalue weighted by Gasteiger charge is 2.23. The normalized spacial score (nSPS) is 14.7. The topological polar surface area (TPSA) is 98.6 Å². The van der Waals surface area contributed by atoms with E-state index in [1.54, 1.807) is 24.4 Å². The molecule has 5 rings (SSSR count). The molecule has 11 heteroatoms. The van der Waals surface area contributed by atoms with Crippen LogP contribution >= 0.6 is 0 Å². The maximum absolute atomic E-state index is 15.4. The predicted molar refractivity (Wildman–Crippen MR) is 128 cm³/mol. The lowest BCUT2D eigenvalue weighted by molar-refractivity contribution is 0.0957. The van der Waals surface area contributed by atoms with E-state index in [2.05, 4.69) is 25.3 Å². The molecule has 0 bridgehead atoms. The number of aromatic nitrogens is 4. The van der Waals surface area contributed by atoms with Gasteiger partial charge >= 0.3 is 0 Å². The fourth-order valence-electron chi connectivity index (χ4n) is 4.57. The number of H-pyrrole nitrogens is 1. The van der Waals surface area contributed by atoms with Gasteiger partial charge in [-0.15, -0.1) is 0 Å². The summed E-state index contributed by atoms with van der Waals surface area (Å²) in [7, 11) is 1.46. The van der Waals surface area contributed by atoms with Crippen LogP contribution in [-0.2, 0) is 13.0 Å². The zero-order valence-electron chi connectivity index (χ0n) is 19.4. The number of nitrogens with zero attached hydrogens (tertiary/aromatic N) is 5. The number of fused-ring (bicyclic) bond motifs is 3. The Kier molecular flexibility index (Phi) is 5.93. The van der Waals surface area contributed by atoms with Crippen molar-refractivity contribution < 1.29 is 13.6 Å². The Morgan fingerprint density at radius 1 is 1.11 bits per heavy atom. The van der Waals surface area contributed by atoms with Crippen molar-refractivity contribution in [2.24, 2.45) is 0 Å². The van der Waals surface area contributed by atoms with Crippen LogP contribution in [0.25, 0.3) is 16.6 Å². The van der Waals surface area contributed by atoms with Gasteiger partial charge in [-0.1, -0.05) is 13.0 Å². The van der Waals surface area contributed by atoms with Crippen LogP contribution < -0.4 is 15.8 Å². The van der Waals surface area contributed by atoms with E-state index in [1.807, 2.05) is 11.8 Å². The zero-order chi connectivity index (χ0) is 24.7. The molecule has 0 aliphatic carbocycles. The molecule has 35 heavy (non-hydrogen) atoms. The lowest BCUT2D eigenvalue weighted by Crippen LogP contribution is -2.46. The van der Waals surface area contributed by atoms with Gasteiger partial charge in [0.1, 0.15) is 16.7 Å². The maximum Gasteiger partial charge on any atom is 0.274 e. The molecule has 0 saturated carbocycles. The third-order valence-electron chi connectivity index (χ3n) is 6.50. The van der Waals surface area contributed by atoms with E-state index in [0.29, 0.717) is 61.4 Å². The number of nitrogens with one attached hydrogen (secondary N) is 2. The number of carbonyl (C=O) groups excluding carboxylic acids is 1. The van der Waals surface area contributed by atoms with Gasteiger partial charge in [-0.3, -0.25) is 14.5 Å². The SMILES string of the molecule is CCc1cnn2c1c(=O)[nH]c1c(F)c(CN3CCN(c4ccc(C(=O)NC)nc4F)CC3)ccc12. The second-order valence-corrected chi connectivity index (χ2v) is 8.52. The number of piperazine rings is 1. The van der Waals surface area contributed by atoms with Crippen molar-refractivity contribution >= 4 is 28.1 Å². The largest absolute Gasteiger partial charge is 0.365 e. The highest BCUT2D eigenvalue weighted by Crippen LogP contribution is 2.24. The zero-order valence-corrected chi connectivity index (χ0v) is 19.4. The van der Waals surface area contributed by atoms with Crippen molar-refractivity contribution in [3.05, 3.63) is 69.4 Å². The fraction of sp³-hybridized carbons (Fsp3) is 0.333. The first-order chi connectivity index (χ1) is 16.9. The molecule has 2 N–H and O–H groups in total. The van der Waals surface area contributed by atoms with Gasteiger partial charge < -0.3 is 15.2 Å². The number of aryl methyl sites for hydroxylation is 1. The number of pyridine rings is 1. The van der Waals surface area contributed by atoms with Crippen molar-refractivity contribution in [2.75, 3.05) is 38.1 Å². The first-order valence-corrected chi connectivity index (χ1v) is 11.5. The number of carbonyl (C=O) groups is 1. The predicted octanol–water partition coefficient (Wildman–Crippen LogP) is 2.09. The summed E-state index contributed by atoms with van der Waals surface area (Å²) < 4.78 is 31.4. The Bertz CT molecular complexity index is 1490. The van der Waals surface area contributed by atoms with Crippen molar-refractivity contribution in [1.29, 1.82) is 0 Å². The summed E-state index contributed by atoms with van der Waals surface area (Å²) in [5, 5.41) is 6.71. The number of hydrogen-bond donors (Lipinski definition) is 2. The second-order valence-electron chi connectivity index (χ2n) is 8.52. The molecular weight excluding hydrogens is 456 g/mol. The third-order valence-corrected chi connectivity index (χ3v) is 6.50. The molecule has 0 atom stereocenters. The Morgan fingerprint density at radius 3 is 2.57 bits per heavy atom. The van der Waals surface area contributed by atoms with E-state index >= 15 is 4.39 Å². The van der Waals surface area contributed by atoms with Crippen LogP contribution in [0.4, 0.5) is 14.5 Å². The molecule has 1 fully saturated rings. The molecule has 1 aromatic carbocycles. The standard InChI is InChI=1S/C24H25F2N7O2/c1-3-14-12-28-33-17-6-4-15(19(25)20(17)30-24(35)21(14)33)13-31-8-10-32(11-9-31)18-7-5-16(23(34)27-2)29-22(18)26/h4-7,12H,3,8-11,13H2,1-2H3,(H,27,34)(H,30,35). The van der Waals surface area contributed by atoms with Crippen molar-refractivity contribution in [3.8, 4) is 0 Å². The molecule has 4 aromatic rings. The molecule has 9 nitrogen and oxygen atoms in total. The molecule has 1 saturated heterocycles. The summed E-state index contributed by atoms with van der Waals surface area (Å²) >= 11 is 0. The highest BCUT2D eigenvalue weighted by molar-refractivity contribution is 5.92. The molecule has 0 unspecified atom stereocenters. The smallest absolute Gasteiger partial charge is 0.274 e. The average molecular weight is 482 g/mol. The van der Waals surface area contributed by atoms with Gasteiger partial charge in [0, 0.05) is 50.9 Å². The van der Waals surface area contributed by atoms with Crippen LogP contribution in [0.3, 0.4) is 0 Å². The Morgan fingerprint density at radius 2 is 1.89 bits per heavy atom. The summed E-state index contributed by atoms with van der Waals surface area (Å²) in [6.07, 6.45) is 2.29. The molecule has 1 aliphatic heterocycles. The molecule has 1 aliphatic rings. The van der Waals surface area contributed by atoms with E-state index in [0.717, 1.165) is 5.56 Å². The van der Waals surface area contributed by atoms with Gasteiger partial charge in [0.05, 0.1) is 17.4 Å². The van der Waals surface area contributed by atoms with Crippen molar-refractivity contribution in [1.82, 2.24) is 29.8 Å². The minimum atomic E-state index is -0.694. The number of amides is 1. The Balaban J connectivity index is 1.33. The fourth-order valence-corrected chi connectivity index (χ4v) is 4.57. The van der Waals surface area contributed by atoms with Crippen molar-refractivity contribution in [2.45, 2.75) is 19.9 Å². The Hall–Kier alpha value is -3.86. The second kappa shape index (κ2) is 9.06. The van der Waals surface area contributed by atoms with Gasteiger partial charge in [0.2, 0.25) is 5.95 Å². The van der Waals surface area contributed by atoms with Crippen LogP contribution in [-0.4, -0.2) is 63.6 Å². The van der Waals surface area contributed by atoms with Crippen LogP contribution in [0.5, 0.6) is 0 Å². The van der Waals surface area contributed by atoms with Gasteiger partial charge in [-0.25, -0.2) is 13.9 Å². The van der Waals surface area contributed by atoms with Crippen LogP contribution in [0.2, 0.25) is 0 Å².